The summed E-state index contributed by atoms with van der Waals surface area (Å²) in [5, 5.41) is 4.02. The standard InChI is InChI=1S/C12H16BrN3O2S/c1-3-17-10-6-8(7-15-16-12(14)19)5-9(13)11(10)18-4-2/h5-7H,3-4H2,1-2H3,(H3,14,16,19). The lowest BCUT2D eigenvalue weighted by atomic mass is 10.2. The lowest BCUT2D eigenvalue weighted by molar-refractivity contribution is 0.286. The Morgan fingerprint density at radius 2 is 2.11 bits per heavy atom. The number of rotatable bonds is 6. The minimum absolute atomic E-state index is 0.117. The lowest BCUT2D eigenvalue weighted by Crippen LogP contribution is -2.23. The number of hydrazone groups is 1. The van der Waals surface area contributed by atoms with Crippen molar-refractivity contribution in [2.24, 2.45) is 10.8 Å². The summed E-state index contributed by atoms with van der Waals surface area (Å²) in [4.78, 5) is 0. The van der Waals surface area contributed by atoms with Gasteiger partial charge in [-0.2, -0.15) is 5.10 Å². The van der Waals surface area contributed by atoms with E-state index in [1.807, 2.05) is 26.0 Å². The highest BCUT2D eigenvalue weighted by atomic mass is 79.9. The second-order valence-corrected chi connectivity index (χ2v) is 4.72. The Morgan fingerprint density at radius 3 is 2.68 bits per heavy atom. The molecule has 0 atom stereocenters. The van der Waals surface area contributed by atoms with Gasteiger partial charge in [0.2, 0.25) is 0 Å². The Bertz CT molecular complexity index is 480. The zero-order chi connectivity index (χ0) is 14.3. The molecule has 0 radical (unpaired) electrons. The second-order valence-electron chi connectivity index (χ2n) is 3.43. The molecule has 19 heavy (non-hydrogen) atoms. The number of hydrogen-bond donors (Lipinski definition) is 2. The van der Waals surface area contributed by atoms with Crippen LogP contribution < -0.4 is 20.6 Å². The molecule has 0 aliphatic rings. The van der Waals surface area contributed by atoms with E-state index >= 15 is 0 Å². The van der Waals surface area contributed by atoms with Crippen molar-refractivity contribution in [3.8, 4) is 11.5 Å². The number of nitrogens with two attached hydrogens (primary N) is 1. The maximum Gasteiger partial charge on any atom is 0.184 e. The third kappa shape index (κ3) is 5.04. The monoisotopic (exact) mass is 345 g/mol. The molecule has 0 aliphatic heterocycles. The second kappa shape index (κ2) is 7.96. The largest absolute Gasteiger partial charge is 0.490 e. The van der Waals surface area contributed by atoms with Gasteiger partial charge < -0.3 is 15.2 Å². The number of ether oxygens (including phenoxy) is 2. The normalized spacial score (nSPS) is 10.5. The number of halogens is 1. The number of nitrogens with zero attached hydrogens (tertiary/aromatic N) is 1. The van der Waals surface area contributed by atoms with Gasteiger partial charge in [-0.25, -0.2) is 0 Å². The molecular formula is C12H16BrN3O2S. The van der Waals surface area contributed by atoms with Gasteiger partial charge in [0.05, 0.1) is 23.9 Å². The highest BCUT2D eigenvalue weighted by Gasteiger charge is 2.11. The fourth-order valence-corrected chi connectivity index (χ4v) is 2.01. The first-order valence-electron chi connectivity index (χ1n) is 5.76. The van der Waals surface area contributed by atoms with Crippen LogP contribution in [0.25, 0.3) is 0 Å². The predicted octanol–water partition coefficient (Wildman–Crippen LogP) is 2.41. The Morgan fingerprint density at radius 1 is 1.42 bits per heavy atom. The van der Waals surface area contributed by atoms with Gasteiger partial charge in [0.15, 0.2) is 16.6 Å². The first-order chi connectivity index (χ1) is 9.08. The fraction of sp³-hybridized carbons (Fsp3) is 0.333. The molecule has 5 nitrogen and oxygen atoms in total. The van der Waals surface area contributed by atoms with Gasteiger partial charge in [0.25, 0.3) is 0 Å². The van der Waals surface area contributed by atoms with Crippen molar-refractivity contribution < 1.29 is 9.47 Å². The molecule has 1 aromatic rings. The van der Waals surface area contributed by atoms with Crippen molar-refractivity contribution in [2.75, 3.05) is 13.2 Å². The van der Waals surface area contributed by atoms with Gasteiger partial charge in [0.1, 0.15) is 0 Å². The molecule has 0 unspecified atom stereocenters. The molecule has 0 fully saturated rings. The number of benzene rings is 1. The van der Waals surface area contributed by atoms with Crippen LogP contribution in [-0.2, 0) is 0 Å². The van der Waals surface area contributed by atoms with Gasteiger partial charge in [-0.15, -0.1) is 0 Å². The quantitative estimate of drug-likeness (QED) is 0.470. The lowest BCUT2D eigenvalue weighted by Gasteiger charge is -2.13. The summed E-state index contributed by atoms with van der Waals surface area (Å²) in [6.45, 7) is 4.95. The molecule has 7 heteroatoms. The van der Waals surface area contributed by atoms with E-state index in [9.17, 15) is 0 Å². The van der Waals surface area contributed by atoms with Gasteiger partial charge in [0, 0.05) is 0 Å². The topological polar surface area (TPSA) is 68.9 Å². The fourth-order valence-electron chi connectivity index (χ4n) is 1.38. The van der Waals surface area contributed by atoms with E-state index in [0.29, 0.717) is 24.7 Å². The SMILES string of the molecule is CCOc1cc(C=NNC(N)=S)cc(Br)c1OCC. The molecule has 0 spiro atoms. The molecule has 0 aromatic heterocycles. The average molecular weight is 346 g/mol. The first kappa shape index (κ1) is 15.7. The van der Waals surface area contributed by atoms with Crippen molar-refractivity contribution in [2.45, 2.75) is 13.8 Å². The Balaban J connectivity index is 3.01. The van der Waals surface area contributed by atoms with E-state index in [4.69, 9.17) is 15.2 Å². The Labute approximate surface area is 126 Å². The van der Waals surface area contributed by atoms with Gasteiger partial charge >= 0.3 is 0 Å². The van der Waals surface area contributed by atoms with Crippen LogP contribution >= 0.6 is 28.1 Å². The van der Waals surface area contributed by atoms with Crippen molar-refractivity contribution in [1.29, 1.82) is 0 Å². The molecule has 3 N–H and O–H groups in total. The van der Waals surface area contributed by atoms with Crippen molar-refractivity contribution >= 4 is 39.5 Å². The maximum atomic E-state index is 5.55. The first-order valence-corrected chi connectivity index (χ1v) is 6.96. The van der Waals surface area contributed by atoms with Crippen molar-refractivity contribution in [3.05, 3.63) is 22.2 Å². The number of nitrogens with one attached hydrogen (secondary N) is 1. The summed E-state index contributed by atoms with van der Waals surface area (Å²) in [5.41, 5.74) is 8.61. The van der Waals surface area contributed by atoms with Crippen LogP contribution in [0.2, 0.25) is 0 Å². The molecule has 0 aliphatic carbocycles. The molecule has 1 rings (SSSR count). The van der Waals surface area contributed by atoms with Crippen LogP contribution in [0.5, 0.6) is 11.5 Å². The third-order valence-corrected chi connectivity index (χ3v) is 2.69. The molecule has 0 amide bonds. The Hall–Kier alpha value is -1.34. The van der Waals surface area contributed by atoms with E-state index in [2.05, 4.69) is 38.7 Å². The highest BCUT2D eigenvalue weighted by molar-refractivity contribution is 9.10. The summed E-state index contributed by atoms with van der Waals surface area (Å²) < 4.78 is 11.9. The van der Waals surface area contributed by atoms with Crippen LogP contribution in [0, 0.1) is 0 Å². The predicted molar refractivity (Wildman–Crippen MR) is 84.0 cm³/mol. The van der Waals surface area contributed by atoms with Gasteiger partial charge in [-0.3, -0.25) is 5.43 Å². The molecule has 0 heterocycles. The summed E-state index contributed by atoms with van der Waals surface area (Å²) >= 11 is 8.11. The number of thiocarbonyl (C=S) groups is 1. The van der Waals surface area contributed by atoms with Gasteiger partial charge in [-0.05, 0) is 59.7 Å². The van der Waals surface area contributed by atoms with E-state index < -0.39 is 0 Å². The van der Waals surface area contributed by atoms with Crippen LogP contribution in [0.4, 0.5) is 0 Å². The van der Waals surface area contributed by atoms with Crippen molar-refractivity contribution in [3.63, 3.8) is 0 Å². The molecule has 104 valence electrons. The minimum atomic E-state index is 0.117. The van der Waals surface area contributed by atoms with Crippen LogP contribution in [-0.4, -0.2) is 24.5 Å². The summed E-state index contributed by atoms with van der Waals surface area (Å²) in [6, 6.07) is 3.71. The van der Waals surface area contributed by atoms with Crippen LogP contribution in [0.15, 0.2) is 21.7 Å². The summed E-state index contributed by atoms with van der Waals surface area (Å²) in [7, 11) is 0. The van der Waals surface area contributed by atoms with Crippen molar-refractivity contribution in [1.82, 2.24) is 5.43 Å². The van der Waals surface area contributed by atoms with Crippen LogP contribution in [0.3, 0.4) is 0 Å². The zero-order valence-electron chi connectivity index (χ0n) is 10.8. The molecule has 1 aromatic carbocycles. The summed E-state index contributed by atoms with van der Waals surface area (Å²) in [5.74, 6) is 1.35. The maximum absolute atomic E-state index is 5.55. The highest BCUT2D eigenvalue weighted by Crippen LogP contribution is 2.36. The smallest absolute Gasteiger partial charge is 0.184 e. The molecule has 0 bridgehead atoms. The van der Waals surface area contributed by atoms with Gasteiger partial charge in [-0.1, -0.05) is 0 Å². The third-order valence-electron chi connectivity index (χ3n) is 2.01. The number of hydrogen-bond acceptors (Lipinski definition) is 4. The molecule has 0 saturated heterocycles. The van der Waals surface area contributed by atoms with E-state index in [-0.39, 0.29) is 5.11 Å². The molecule has 0 saturated carbocycles. The van der Waals surface area contributed by atoms with Crippen LogP contribution in [0.1, 0.15) is 19.4 Å². The van der Waals surface area contributed by atoms with E-state index in [1.165, 1.54) is 0 Å². The van der Waals surface area contributed by atoms with E-state index in [0.717, 1.165) is 10.0 Å². The minimum Gasteiger partial charge on any atom is -0.490 e. The van der Waals surface area contributed by atoms with E-state index in [1.54, 1.807) is 6.21 Å². The average Bonchev–Trinajstić information content (AvgIpc) is 2.33. The Kier molecular flexibility index (Phi) is 6.58. The molecular weight excluding hydrogens is 330 g/mol. The summed E-state index contributed by atoms with van der Waals surface area (Å²) in [6.07, 6.45) is 1.60. The zero-order valence-corrected chi connectivity index (χ0v) is 13.2.